The molecule has 3 aromatic carbocycles. The third kappa shape index (κ3) is 4.94. The number of furan rings is 1. The van der Waals surface area contributed by atoms with E-state index < -0.39 is 11.7 Å². The van der Waals surface area contributed by atoms with Crippen LogP contribution in [0, 0.1) is 5.82 Å². The van der Waals surface area contributed by atoms with Gasteiger partial charge in [-0.3, -0.25) is 9.48 Å². The van der Waals surface area contributed by atoms with Crippen LogP contribution < -0.4 is 10.1 Å². The van der Waals surface area contributed by atoms with Crippen LogP contribution in [0.1, 0.15) is 21.9 Å². The molecule has 0 saturated heterocycles. The first-order valence-electron chi connectivity index (χ1n) is 10.5. The Balaban J connectivity index is 1.18. The summed E-state index contributed by atoms with van der Waals surface area (Å²) in [5.74, 6) is 0.597. The van der Waals surface area contributed by atoms with Gasteiger partial charge in [0.25, 0.3) is 5.91 Å². The summed E-state index contributed by atoms with van der Waals surface area (Å²) in [5.41, 5.74) is 1.21. The van der Waals surface area contributed by atoms with E-state index in [1.807, 2.05) is 42.5 Å². The highest BCUT2D eigenvalue weighted by Crippen LogP contribution is 2.22. The second kappa shape index (κ2) is 9.41. The van der Waals surface area contributed by atoms with Gasteiger partial charge in [-0.2, -0.15) is 5.10 Å². The molecule has 0 bridgehead atoms. The first-order valence-corrected chi connectivity index (χ1v) is 10.9. The molecule has 0 atom stereocenters. The van der Waals surface area contributed by atoms with Crippen molar-refractivity contribution in [1.82, 2.24) is 9.78 Å². The van der Waals surface area contributed by atoms with Gasteiger partial charge in [-0.05, 0) is 52.7 Å². The number of fused-ring (bicyclic) bond motifs is 1. The van der Waals surface area contributed by atoms with Crippen LogP contribution in [0.2, 0.25) is 5.02 Å². The van der Waals surface area contributed by atoms with Gasteiger partial charge in [0.05, 0.1) is 18.4 Å². The molecule has 0 fully saturated rings. The lowest BCUT2D eigenvalue weighted by molar-refractivity contribution is 0.0992. The largest absolute Gasteiger partial charge is 0.486 e. The maximum Gasteiger partial charge on any atom is 0.291 e. The van der Waals surface area contributed by atoms with Crippen molar-refractivity contribution in [3.05, 3.63) is 113 Å². The Bertz CT molecular complexity index is 1480. The van der Waals surface area contributed by atoms with Crippen LogP contribution in [0.25, 0.3) is 10.8 Å². The zero-order valence-electron chi connectivity index (χ0n) is 17.9. The molecule has 5 aromatic rings. The van der Waals surface area contributed by atoms with Crippen LogP contribution in [-0.4, -0.2) is 15.7 Å². The third-order valence-electron chi connectivity index (χ3n) is 5.23. The Morgan fingerprint density at radius 2 is 1.91 bits per heavy atom. The molecule has 0 radical (unpaired) electrons. The van der Waals surface area contributed by atoms with Crippen molar-refractivity contribution in [3.8, 4) is 5.75 Å². The molecule has 0 aliphatic heterocycles. The summed E-state index contributed by atoms with van der Waals surface area (Å²) in [6.45, 7) is 0.536. The molecule has 0 aliphatic carbocycles. The first kappa shape index (κ1) is 21.7. The van der Waals surface area contributed by atoms with Crippen LogP contribution in [-0.2, 0) is 13.2 Å². The van der Waals surface area contributed by atoms with Gasteiger partial charge in [0.15, 0.2) is 5.76 Å². The minimum absolute atomic E-state index is 0.159. The molecular formula is C26H19ClFN3O3. The lowest BCUT2D eigenvalue weighted by Gasteiger charge is -2.06. The van der Waals surface area contributed by atoms with Gasteiger partial charge in [0.2, 0.25) is 0 Å². The minimum atomic E-state index is -0.406. The molecule has 0 unspecified atom stereocenters. The first-order chi connectivity index (χ1) is 16.5. The van der Waals surface area contributed by atoms with Gasteiger partial charge < -0.3 is 14.5 Å². The molecule has 0 spiro atoms. The van der Waals surface area contributed by atoms with Crippen molar-refractivity contribution >= 4 is 34.0 Å². The van der Waals surface area contributed by atoms with E-state index >= 15 is 0 Å². The van der Waals surface area contributed by atoms with Gasteiger partial charge in [0.1, 0.15) is 23.9 Å². The quantitative estimate of drug-likeness (QED) is 0.300. The monoisotopic (exact) mass is 475 g/mol. The Kier molecular flexibility index (Phi) is 6.01. The van der Waals surface area contributed by atoms with Crippen LogP contribution in [0.3, 0.4) is 0 Å². The molecule has 170 valence electrons. The Labute approximate surface area is 199 Å². The van der Waals surface area contributed by atoms with Gasteiger partial charge in [-0.15, -0.1) is 0 Å². The average molecular weight is 476 g/mol. The highest BCUT2D eigenvalue weighted by molar-refractivity contribution is 6.31. The van der Waals surface area contributed by atoms with E-state index in [0.29, 0.717) is 28.6 Å². The lowest BCUT2D eigenvalue weighted by Crippen LogP contribution is -2.10. The predicted molar refractivity (Wildman–Crippen MR) is 128 cm³/mol. The number of nitrogens with one attached hydrogen (secondary N) is 1. The Morgan fingerprint density at radius 1 is 1.06 bits per heavy atom. The van der Waals surface area contributed by atoms with E-state index in [1.54, 1.807) is 29.1 Å². The number of halogens is 2. The number of anilines is 1. The number of carbonyl (C=O) groups excluding carboxylic acids is 1. The highest BCUT2D eigenvalue weighted by atomic mass is 35.5. The predicted octanol–water partition coefficient (Wildman–Crippen LogP) is 6.30. The number of benzene rings is 3. The minimum Gasteiger partial charge on any atom is -0.486 e. The lowest BCUT2D eigenvalue weighted by atomic mass is 10.1. The SMILES string of the molecule is O=C(Nc1cnn(Cc2ccc(F)cc2Cl)c1)c1ccc(COc2ccc3ccccc3c2)o1. The van der Waals surface area contributed by atoms with Gasteiger partial charge in [-0.1, -0.05) is 48.0 Å². The topological polar surface area (TPSA) is 69.3 Å². The number of hydrogen-bond acceptors (Lipinski definition) is 4. The summed E-state index contributed by atoms with van der Waals surface area (Å²) < 4.78 is 26.3. The maximum atomic E-state index is 13.2. The van der Waals surface area contributed by atoms with Gasteiger partial charge in [-0.25, -0.2) is 4.39 Å². The maximum absolute atomic E-state index is 13.2. The second-order valence-corrected chi connectivity index (χ2v) is 8.09. The summed E-state index contributed by atoms with van der Waals surface area (Å²) in [4.78, 5) is 12.6. The highest BCUT2D eigenvalue weighted by Gasteiger charge is 2.13. The zero-order valence-corrected chi connectivity index (χ0v) is 18.6. The number of aromatic nitrogens is 2. The summed E-state index contributed by atoms with van der Waals surface area (Å²) in [7, 11) is 0. The molecule has 8 heteroatoms. The summed E-state index contributed by atoms with van der Waals surface area (Å²) in [6, 6.07) is 21.4. The number of nitrogens with zero attached hydrogens (tertiary/aromatic N) is 2. The van der Waals surface area contributed by atoms with Crippen molar-refractivity contribution in [2.75, 3.05) is 5.32 Å². The Hall–Kier alpha value is -4.10. The van der Waals surface area contributed by atoms with Crippen molar-refractivity contribution < 1.29 is 18.3 Å². The van der Waals surface area contributed by atoms with Crippen LogP contribution >= 0.6 is 11.6 Å². The number of ether oxygens (including phenoxy) is 1. The molecule has 2 aromatic heterocycles. The molecule has 2 heterocycles. The molecular weight excluding hydrogens is 457 g/mol. The number of hydrogen-bond donors (Lipinski definition) is 1. The van der Waals surface area contributed by atoms with Crippen molar-refractivity contribution in [1.29, 1.82) is 0 Å². The van der Waals surface area contributed by atoms with E-state index in [1.165, 1.54) is 18.3 Å². The normalized spacial score (nSPS) is 11.0. The number of rotatable bonds is 7. The van der Waals surface area contributed by atoms with Crippen molar-refractivity contribution in [2.24, 2.45) is 0 Å². The molecule has 0 saturated carbocycles. The van der Waals surface area contributed by atoms with Crippen molar-refractivity contribution in [2.45, 2.75) is 13.2 Å². The van der Waals surface area contributed by atoms with Gasteiger partial charge >= 0.3 is 0 Å². The summed E-state index contributed by atoms with van der Waals surface area (Å²) in [5, 5.41) is 9.49. The molecule has 6 nitrogen and oxygen atoms in total. The fourth-order valence-corrected chi connectivity index (χ4v) is 3.75. The van der Waals surface area contributed by atoms with E-state index in [4.69, 9.17) is 20.8 Å². The molecule has 0 aliphatic rings. The number of amides is 1. The van der Waals surface area contributed by atoms with Crippen molar-refractivity contribution in [3.63, 3.8) is 0 Å². The molecule has 1 N–H and O–H groups in total. The molecule has 5 rings (SSSR count). The zero-order chi connectivity index (χ0) is 23.5. The molecule has 34 heavy (non-hydrogen) atoms. The Morgan fingerprint density at radius 3 is 2.76 bits per heavy atom. The average Bonchev–Trinajstić information content (AvgIpc) is 3.49. The second-order valence-electron chi connectivity index (χ2n) is 7.68. The molecule has 1 amide bonds. The van der Waals surface area contributed by atoms with E-state index in [-0.39, 0.29) is 12.4 Å². The standard InChI is InChI=1S/C26H19ClFN3O3/c27-24-12-20(28)7-5-19(24)14-31-15-21(13-29-31)30-26(32)25-10-9-23(34-25)16-33-22-8-6-17-3-1-2-4-18(17)11-22/h1-13,15H,14,16H2,(H,30,32). The van der Waals surface area contributed by atoms with E-state index in [9.17, 15) is 9.18 Å². The van der Waals surface area contributed by atoms with Gasteiger partial charge in [0, 0.05) is 11.2 Å². The third-order valence-corrected chi connectivity index (χ3v) is 5.58. The van der Waals surface area contributed by atoms with Crippen LogP contribution in [0.15, 0.2) is 89.6 Å². The van der Waals surface area contributed by atoms with E-state index in [2.05, 4.69) is 10.4 Å². The van der Waals surface area contributed by atoms with Crippen LogP contribution in [0.5, 0.6) is 5.75 Å². The fourth-order valence-electron chi connectivity index (χ4n) is 3.52. The van der Waals surface area contributed by atoms with Crippen LogP contribution in [0.4, 0.5) is 10.1 Å². The number of carbonyl (C=O) groups is 1. The fraction of sp³-hybridized carbons (Fsp3) is 0.0769. The smallest absolute Gasteiger partial charge is 0.291 e. The summed E-state index contributed by atoms with van der Waals surface area (Å²) >= 11 is 6.07. The van der Waals surface area contributed by atoms with E-state index in [0.717, 1.165) is 16.5 Å². The summed E-state index contributed by atoms with van der Waals surface area (Å²) in [6.07, 6.45) is 3.17.